The molecule has 0 aliphatic carbocycles. The van der Waals surface area contributed by atoms with E-state index in [2.05, 4.69) is 27.7 Å². The molecule has 7 heteroatoms. The van der Waals surface area contributed by atoms with Crippen molar-refractivity contribution >= 4 is 31.5 Å². The molecule has 172 valence electrons. The highest BCUT2D eigenvalue weighted by Gasteiger charge is 2.40. The Morgan fingerprint density at radius 2 is 1.17 bits per heavy atom. The van der Waals surface area contributed by atoms with Crippen molar-refractivity contribution in [1.29, 1.82) is 0 Å². The molecule has 0 aliphatic heterocycles. The lowest BCUT2D eigenvalue weighted by Crippen LogP contribution is -2.46. The molecule has 0 spiro atoms. The van der Waals surface area contributed by atoms with Gasteiger partial charge >= 0.3 is 8.80 Å². The Morgan fingerprint density at radius 1 is 0.690 bits per heavy atom. The van der Waals surface area contributed by atoms with Crippen molar-refractivity contribution in [3.63, 3.8) is 0 Å². The molecule has 0 aromatic carbocycles. The van der Waals surface area contributed by atoms with Crippen molar-refractivity contribution in [3.8, 4) is 0 Å². The van der Waals surface area contributed by atoms with Crippen molar-refractivity contribution in [2.75, 3.05) is 25.6 Å². The maximum Gasteiger partial charge on any atom is 0.500 e. The molecule has 0 unspecified atom stereocenters. The average Bonchev–Trinajstić information content (AvgIpc) is 2.71. The first-order chi connectivity index (χ1) is 14.0. The van der Waals surface area contributed by atoms with Crippen molar-refractivity contribution in [2.24, 2.45) is 0 Å². The van der Waals surface area contributed by atoms with E-state index >= 15 is 0 Å². The Morgan fingerprint density at radius 3 is 1.62 bits per heavy atom. The minimum absolute atomic E-state index is 0.246. The SMILES string of the molecule is CCCCCC(=O)C(=O)SCCC[Si](OCCCC)(OCCCC)OCCCC. The summed E-state index contributed by atoms with van der Waals surface area (Å²) in [5.41, 5.74) is 0. The first-order valence-corrected chi connectivity index (χ1v) is 14.6. The summed E-state index contributed by atoms with van der Waals surface area (Å²) in [6.07, 6.45) is 10.2. The summed E-state index contributed by atoms with van der Waals surface area (Å²) in [7, 11) is -2.74. The summed E-state index contributed by atoms with van der Waals surface area (Å²) in [5.74, 6) is 0.364. The fourth-order valence-electron chi connectivity index (χ4n) is 2.63. The molecule has 5 nitrogen and oxygen atoms in total. The monoisotopic (exact) mass is 448 g/mol. The van der Waals surface area contributed by atoms with Gasteiger partial charge in [0.05, 0.1) is 0 Å². The minimum atomic E-state index is -2.74. The highest BCUT2D eigenvalue weighted by atomic mass is 32.2. The van der Waals surface area contributed by atoms with Gasteiger partial charge in [-0.25, -0.2) is 0 Å². The molecule has 0 heterocycles. The van der Waals surface area contributed by atoms with Gasteiger partial charge in [0.25, 0.3) is 5.12 Å². The zero-order chi connectivity index (χ0) is 21.8. The number of rotatable bonds is 21. The van der Waals surface area contributed by atoms with Crippen LogP contribution in [-0.4, -0.2) is 45.3 Å². The molecule has 0 atom stereocenters. The van der Waals surface area contributed by atoms with Crippen LogP contribution in [-0.2, 0) is 22.9 Å². The van der Waals surface area contributed by atoms with E-state index in [0.717, 1.165) is 76.0 Å². The second-order valence-electron chi connectivity index (χ2n) is 7.41. The summed E-state index contributed by atoms with van der Waals surface area (Å²) < 4.78 is 18.6. The molecule has 0 saturated heterocycles. The zero-order valence-electron chi connectivity index (χ0n) is 19.3. The summed E-state index contributed by atoms with van der Waals surface area (Å²) in [6.45, 7) is 10.5. The van der Waals surface area contributed by atoms with Crippen LogP contribution in [0.4, 0.5) is 0 Å². The van der Waals surface area contributed by atoms with Crippen LogP contribution in [0.1, 0.15) is 98.3 Å². The van der Waals surface area contributed by atoms with Crippen molar-refractivity contribution in [2.45, 2.75) is 104 Å². The largest absolute Gasteiger partial charge is 0.500 e. The number of hydrogen-bond acceptors (Lipinski definition) is 6. The number of thioether (sulfide) groups is 1. The average molecular weight is 449 g/mol. The normalized spacial score (nSPS) is 11.7. The first kappa shape index (κ1) is 28.8. The van der Waals surface area contributed by atoms with Gasteiger partial charge in [0.15, 0.2) is 0 Å². The standard InChI is InChI=1S/C22H44O5SSi/c1-5-9-13-15-21(23)22(24)28-19-14-20-29(25-16-10-6-2,26-17-11-7-3)27-18-12-8-4/h5-20H2,1-4H3. The van der Waals surface area contributed by atoms with E-state index in [-0.39, 0.29) is 10.9 Å². The summed E-state index contributed by atoms with van der Waals surface area (Å²) in [4.78, 5) is 23.9. The van der Waals surface area contributed by atoms with E-state index in [4.69, 9.17) is 13.3 Å². The number of hydrogen-bond donors (Lipinski definition) is 0. The van der Waals surface area contributed by atoms with Crippen LogP contribution in [0.5, 0.6) is 0 Å². The van der Waals surface area contributed by atoms with Crippen molar-refractivity contribution < 1.29 is 22.9 Å². The van der Waals surface area contributed by atoms with E-state index in [1.54, 1.807) is 0 Å². The lowest BCUT2D eigenvalue weighted by atomic mass is 10.1. The van der Waals surface area contributed by atoms with Gasteiger partial charge in [-0.05, 0) is 32.1 Å². The first-order valence-electron chi connectivity index (χ1n) is 11.7. The lowest BCUT2D eigenvalue weighted by Gasteiger charge is -2.30. The summed E-state index contributed by atoms with van der Waals surface area (Å²) in [6, 6.07) is 0.703. The Kier molecular flexibility index (Phi) is 19.6. The molecule has 0 radical (unpaired) electrons. The van der Waals surface area contributed by atoms with Crippen molar-refractivity contribution in [3.05, 3.63) is 0 Å². The molecule has 29 heavy (non-hydrogen) atoms. The maximum absolute atomic E-state index is 12.0. The van der Waals surface area contributed by atoms with Gasteiger partial charge in [-0.2, -0.15) is 0 Å². The van der Waals surface area contributed by atoms with E-state index in [0.29, 0.717) is 38.0 Å². The van der Waals surface area contributed by atoms with E-state index in [1.807, 2.05) is 0 Å². The predicted molar refractivity (Wildman–Crippen MR) is 124 cm³/mol. The van der Waals surface area contributed by atoms with Crippen molar-refractivity contribution in [1.82, 2.24) is 0 Å². The molecule has 0 saturated carbocycles. The Labute approximate surface area is 184 Å². The highest BCUT2D eigenvalue weighted by molar-refractivity contribution is 8.15. The summed E-state index contributed by atoms with van der Waals surface area (Å²) >= 11 is 1.14. The maximum atomic E-state index is 12.0. The fourth-order valence-corrected chi connectivity index (χ4v) is 6.28. The van der Waals surface area contributed by atoms with Crippen LogP contribution < -0.4 is 0 Å². The van der Waals surface area contributed by atoms with Crippen LogP contribution in [0.3, 0.4) is 0 Å². The Bertz CT molecular complexity index is 393. The third kappa shape index (κ3) is 15.3. The second-order valence-corrected chi connectivity index (χ2v) is 11.2. The molecule has 0 aromatic heterocycles. The van der Waals surface area contributed by atoms with Crippen LogP contribution >= 0.6 is 11.8 Å². The molecule has 0 N–H and O–H groups in total. The number of unbranched alkanes of at least 4 members (excludes halogenated alkanes) is 5. The quantitative estimate of drug-likeness (QED) is 0.119. The van der Waals surface area contributed by atoms with Gasteiger partial charge in [0.2, 0.25) is 5.78 Å². The molecule has 0 fully saturated rings. The van der Waals surface area contributed by atoms with E-state index in [9.17, 15) is 9.59 Å². The molecule has 0 bridgehead atoms. The zero-order valence-corrected chi connectivity index (χ0v) is 21.1. The fraction of sp³-hybridized carbons (Fsp3) is 0.909. The van der Waals surface area contributed by atoms with Gasteiger partial charge < -0.3 is 13.3 Å². The number of ketones is 1. The van der Waals surface area contributed by atoms with Gasteiger partial charge in [-0.15, -0.1) is 0 Å². The van der Waals surface area contributed by atoms with E-state index in [1.165, 1.54) is 0 Å². The Hall–Kier alpha value is -0.213. The smallest absolute Gasteiger partial charge is 0.373 e. The van der Waals surface area contributed by atoms with E-state index < -0.39 is 8.80 Å². The molecule has 0 rings (SSSR count). The second kappa shape index (κ2) is 19.7. The third-order valence-electron chi connectivity index (χ3n) is 4.56. The predicted octanol–water partition coefficient (Wildman–Crippen LogP) is 6.17. The molecular formula is C22H44O5SSi. The topological polar surface area (TPSA) is 61.8 Å². The number of carbonyl (C=O) groups is 2. The van der Waals surface area contributed by atoms with Crippen LogP contribution in [0.15, 0.2) is 0 Å². The highest BCUT2D eigenvalue weighted by Crippen LogP contribution is 2.22. The van der Waals surface area contributed by atoms with Crippen LogP contribution in [0.2, 0.25) is 6.04 Å². The van der Waals surface area contributed by atoms with Crippen LogP contribution in [0, 0.1) is 0 Å². The van der Waals surface area contributed by atoms with Gasteiger partial charge in [-0.3, -0.25) is 9.59 Å². The van der Waals surface area contributed by atoms with Gasteiger partial charge in [0, 0.05) is 38.0 Å². The molecular weight excluding hydrogens is 404 g/mol. The molecule has 0 amide bonds. The van der Waals surface area contributed by atoms with Crippen LogP contribution in [0.25, 0.3) is 0 Å². The van der Waals surface area contributed by atoms with Gasteiger partial charge in [0.1, 0.15) is 0 Å². The minimum Gasteiger partial charge on any atom is -0.373 e. The van der Waals surface area contributed by atoms with Gasteiger partial charge in [-0.1, -0.05) is 71.6 Å². The number of Topliss-reactive ketones (excluding diaryl/α,β-unsaturated/α-hetero) is 1. The summed E-state index contributed by atoms with van der Waals surface area (Å²) in [5, 5.41) is -0.306. The molecule has 0 aliphatic rings. The Balaban J connectivity index is 4.63. The third-order valence-corrected chi connectivity index (χ3v) is 8.44. The number of carbonyl (C=O) groups excluding carboxylic acids is 2. The lowest BCUT2D eigenvalue weighted by molar-refractivity contribution is -0.131. The molecule has 0 aromatic rings.